The van der Waals surface area contributed by atoms with Crippen LogP contribution in [-0.4, -0.2) is 0 Å². The van der Waals surface area contributed by atoms with Crippen LogP contribution in [0, 0.1) is 11.6 Å². The number of benzene rings is 2. The molecule has 1 nitrogen and oxygen atoms in total. The van der Waals surface area contributed by atoms with Gasteiger partial charge in [-0.05, 0) is 47.3 Å². The molecule has 0 amide bonds. The van der Waals surface area contributed by atoms with Gasteiger partial charge in [0.05, 0.1) is 0 Å². The summed E-state index contributed by atoms with van der Waals surface area (Å²) in [5.74, 6) is -0.509. The van der Waals surface area contributed by atoms with E-state index in [1.165, 1.54) is 29.5 Å². The number of nitrogens with one attached hydrogen (secondary N) is 1. The monoisotopic (exact) mass is 301 g/mol. The van der Waals surface area contributed by atoms with Crippen molar-refractivity contribution < 1.29 is 8.78 Å². The van der Waals surface area contributed by atoms with E-state index in [0.29, 0.717) is 17.8 Å². The van der Waals surface area contributed by atoms with Crippen LogP contribution in [-0.2, 0) is 6.54 Å². The molecule has 4 heteroatoms. The van der Waals surface area contributed by atoms with E-state index in [1.54, 1.807) is 18.2 Å². The van der Waals surface area contributed by atoms with Crippen LogP contribution in [0.5, 0.6) is 0 Å². The van der Waals surface area contributed by atoms with Crippen molar-refractivity contribution in [2.24, 2.45) is 0 Å². The number of halogens is 2. The molecule has 3 rings (SSSR count). The minimum atomic E-state index is -0.279. The van der Waals surface area contributed by atoms with Crippen molar-refractivity contribution in [3.63, 3.8) is 0 Å². The molecule has 0 aliphatic rings. The summed E-state index contributed by atoms with van der Waals surface area (Å²) in [6, 6.07) is 15.1. The van der Waals surface area contributed by atoms with Crippen LogP contribution in [0.25, 0.3) is 10.4 Å². The number of anilines is 1. The Kier molecular flexibility index (Phi) is 3.97. The molecule has 21 heavy (non-hydrogen) atoms. The number of thiophene rings is 1. The zero-order valence-electron chi connectivity index (χ0n) is 11.1. The van der Waals surface area contributed by atoms with E-state index in [0.717, 1.165) is 10.4 Å². The van der Waals surface area contributed by atoms with Crippen molar-refractivity contribution in [3.8, 4) is 10.4 Å². The topological polar surface area (TPSA) is 12.0 Å². The molecule has 1 heterocycles. The standard InChI is InChI=1S/C17H13F2NS/c18-13-3-1-4-14(10-13)20-11-12-6-7-16(19)15(9-12)17-5-2-8-21-17/h1-10,20H,11H2. The van der Waals surface area contributed by atoms with Crippen LogP contribution in [0.2, 0.25) is 0 Å². The molecule has 3 aromatic rings. The average molecular weight is 301 g/mol. The third-order valence-corrected chi connectivity index (χ3v) is 4.04. The second-order valence-electron chi connectivity index (χ2n) is 4.66. The average Bonchev–Trinajstić information content (AvgIpc) is 3.00. The molecular weight excluding hydrogens is 288 g/mol. The lowest BCUT2D eigenvalue weighted by Gasteiger charge is -2.08. The van der Waals surface area contributed by atoms with Gasteiger partial charge in [0.2, 0.25) is 0 Å². The molecule has 0 aliphatic heterocycles. The molecule has 1 N–H and O–H groups in total. The van der Waals surface area contributed by atoms with Gasteiger partial charge in [-0.1, -0.05) is 18.2 Å². The SMILES string of the molecule is Fc1cccc(NCc2ccc(F)c(-c3cccs3)c2)c1. The Balaban J connectivity index is 1.79. The largest absolute Gasteiger partial charge is 0.381 e. The summed E-state index contributed by atoms with van der Waals surface area (Å²) in [6.45, 7) is 0.516. The molecule has 2 aromatic carbocycles. The summed E-state index contributed by atoms with van der Waals surface area (Å²) in [4.78, 5) is 0.903. The molecule has 0 unspecified atom stereocenters. The minimum Gasteiger partial charge on any atom is -0.381 e. The third kappa shape index (κ3) is 3.28. The molecular formula is C17H13F2NS. The van der Waals surface area contributed by atoms with Gasteiger partial charge in [-0.15, -0.1) is 11.3 Å². The summed E-state index contributed by atoms with van der Waals surface area (Å²) in [5.41, 5.74) is 2.25. The van der Waals surface area contributed by atoms with Crippen molar-refractivity contribution in [1.29, 1.82) is 0 Å². The smallest absolute Gasteiger partial charge is 0.131 e. The highest BCUT2D eigenvalue weighted by Crippen LogP contribution is 2.28. The highest BCUT2D eigenvalue weighted by Gasteiger charge is 2.07. The molecule has 106 valence electrons. The molecule has 0 radical (unpaired) electrons. The molecule has 0 saturated carbocycles. The first-order valence-electron chi connectivity index (χ1n) is 6.54. The van der Waals surface area contributed by atoms with Gasteiger partial charge in [0.15, 0.2) is 0 Å². The van der Waals surface area contributed by atoms with E-state index in [9.17, 15) is 8.78 Å². The first kappa shape index (κ1) is 13.8. The van der Waals surface area contributed by atoms with Crippen molar-refractivity contribution in [3.05, 3.63) is 77.2 Å². The highest BCUT2D eigenvalue weighted by atomic mass is 32.1. The van der Waals surface area contributed by atoms with Crippen LogP contribution >= 0.6 is 11.3 Å². The van der Waals surface area contributed by atoms with Crippen LogP contribution in [0.4, 0.5) is 14.5 Å². The predicted octanol–water partition coefficient (Wildman–Crippen LogP) is 5.31. The molecule has 0 atom stereocenters. The molecule has 1 aromatic heterocycles. The van der Waals surface area contributed by atoms with Gasteiger partial charge in [0.25, 0.3) is 0 Å². The summed E-state index contributed by atoms with van der Waals surface area (Å²) in [7, 11) is 0. The summed E-state index contributed by atoms with van der Waals surface area (Å²) < 4.78 is 27.0. The Hall–Kier alpha value is -2.20. The first-order chi connectivity index (χ1) is 10.2. The van der Waals surface area contributed by atoms with Crippen molar-refractivity contribution >= 4 is 17.0 Å². The summed E-state index contributed by atoms with van der Waals surface area (Å²) in [6.07, 6.45) is 0. The van der Waals surface area contributed by atoms with E-state index in [-0.39, 0.29) is 11.6 Å². The molecule has 0 fully saturated rings. The summed E-state index contributed by atoms with van der Waals surface area (Å²) >= 11 is 1.51. The van der Waals surface area contributed by atoms with Crippen molar-refractivity contribution in [2.45, 2.75) is 6.54 Å². The molecule has 0 saturated heterocycles. The second-order valence-corrected chi connectivity index (χ2v) is 5.60. The zero-order chi connectivity index (χ0) is 14.7. The molecule has 0 bridgehead atoms. The number of hydrogen-bond donors (Lipinski definition) is 1. The van der Waals surface area contributed by atoms with Crippen LogP contribution in [0.3, 0.4) is 0 Å². The van der Waals surface area contributed by atoms with Gasteiger partial charge in [-0.3, -0.25) is 0 Å². The fourth-order valence-electron chi connectivity index (χ4n) is 2.11. The van der Waals surface area contributed by atoms with E-state index in [2.05, 4.69) is 5.32 Å². The Bertz CT molecular complexity index is 738. The van der Waals surface area contributed by atoms with Gasteiger partial charge >= 0.3 is 0 Å². The predicted molar refractivity (Wildman–Crippen MR) is 83.4 cm³/mol. The second kappa shape index (κ2) is 6.06. The normalized spacial score (nSPS) is 10.6. The highest BCUT2D eigenvalue weighted by molar-refractivity contribution is 7.13. The van der Waals surface area contributed by atoms with Crippen molar-refractivity contribution in [2.75, 3.05) is 5.32 Å². The van der Waals surface area contributed by atoms with Crippen LogP contribution in [0.15, 0.2) is 60.0 Å². The third-order valence-electron chi connectivity index (χ3n) is 3.14. The number of hydrogen-bond acceptors (Lipinski definition) is 2. The van der Waals surface area contributed by atoms with Gasteiger partial charge in [0.1, 0.15) is 11.6 Å². The lowest BCUT2D eigenvalue weighted by atomic mass is 10.1. The molecule has 0 spiro atoms. The van der Waals surface area contributed by atoms with Gasteiger partial charge in [-0.2, -0.15) is 0 Å². The zero-order valence-corrected chi connectivity index (χ0v) is 12.0. The Morgan fingerprint density at radius 3 is 2.62 bits per heavy atom. The maximum Gasteiger partial charge on any atom is 0.131 e. The van der Waals surface area contributed by atoms with Gasteiger partial charge < -0.3 is 5.32 Å². The fraction of sp³-hybridized carbons (Fsp3) is 0.0588. The van der Waals surface area contributed by atoms with Crippen molar-refractivity contribution in [1.82, 2.24) is 0 Å². The van der Waals surface area contributed by atoms with Crippen LogP contribution in [0.1, 0.15) is 5.56 Å². The maximum atomic E-state index is 13.9. The fourth-order valence-corrected chi connectivity index (χ4v) is 2.85. The maximum absolute atomic E-state index is 13.9. The summed E-state index contributed by atoms with van der Waals surface area (Å²) in [5, 5.41) is 5.06. The van der Waals surface area contributed by atoms with E-state index >= 15 is 0 Å². The van der Waals surface area contributed by atoms with E-state index < -0.39 is 0 Å². The lowest BCUT2D eigenvalue weighted by Crippen LogP contribution is -2.00. The minimum absolute atomic E-state index is 0.230. The lowest BCUT2D eigenvalue weighted by molar-refractivity contribution is 0.628. The van der Waals surface area contributed by atoms with Crippen LogP contribution < -0.4 is 5.32 Å². The first-order valence-corrected chi connectivity index (χ1v) is 7.42. The van der Waals surface area contributed by atoms with Gasteiger partial charge in [-0.25, -0.2) is 8.78 Å². The Morgan fingerprint density at radius 1 is 0.952 bits per heavy atom. The molecule has 0 aliphatic carbocycles. The Labute approximate surface area is 125 Å². The number of rotatable bonds is 4. The van der Waals surface area contributed by atoms with Gasteiger partial charge in [0, 0.05) is 22.7 Å². The quantitative estimate of drug-likeness (QED) is 0.689. The van der Waals surface area contributed by atoms with E-state index in [1.807, 2.05) is 23.6 Å². The Morgan fingerprint density at radius 2 is 1.86 bits per heavy atom. The van der Waals surface area contributed by atoms with E-state index in [4.69, 9.17) is 0 Å².